The second kappa shape index (κ2) is 4.25. The van der Waals surface area contributed by atoms with Gasteiger partial charge in [-0.15, -0.1) is 0 Å². The zero-order chi connectivity index (χ0) is 13.3. The fraction of sp³-hybridized carbons (Fsp3) is 0.455. The first-order chi connectivity index (χ1) is 8.44. The van der Waals surface area contributed by atoms with Gasteiger partial charge in [0.25, 0.3) is 0 Å². The van der Waals surface area contributed by atoms with Crippen LogP contribution >= 0.6 is 0 Å². The number of nitro groups is 1. The fourth-order valence-corrected chi connectivity index (χ4v) is 1.55. The molecule has 0 aliphatic carbocycles. The van der Waals surface area contributed by atoms with Gasteiger partial charge in [0.15, 0.2) is 5.52 Å². The van der Waals surface area contributed by atoms with Gasteiger partial charge in [-0.25, -0.2) is 4.63 Å². The van der Waals surface area contributed by atoms with Crippen LogP contribution in [0.2, 0.25) is 0 Å². The van der Waals surface area contributed by atoms with Crippen molar-refractivity contribution in [2.75, 3.05) is 5.32 Å². The first-order valence-electron chi connectivity index (χ1n) is 5.62. The Kier molecular flexibility index (Phi) is 2.90. The summed E-state index contributed by atoms with van der Waals surface area (Å²) in [6, 6.07) is 3.03. The predicted octanol–water partition coefficient (Wildman–Crippen LogP) is 2.73. The summed E-state index contributed by atoms with van der Waals surface area (Å²) in [5, 5.41) is 21.4. The minimum atomic E-state index is -0.499. The Morgan fingerprint density at radius 3 is 2.67 bits per heavy atom. The quantitative estimate of drug-likeness (QED) is 0.662. The van der Waals surface area contributed by atoms with E-state index in [-0.39, 0.29) is 16.7 Å². The van der Waals surface area contributed by atoms with Crippen molar-refractivity contribution in [3.8, 4) is 0 Å². The molecule has 7 heteroatoms. The number of anilines is 1. The second-order valence-corrected chi connectivity index (χ2v) is 4.71. The zero-order valence-electron chi connectivity index (χ0n) is 10.4. The van der Waals surface area contributed by atoms with Gasteiger partial charge in [-0.1, -0.05) is 6.92 Å². The van der Waals surface area contributed by atoms with E-state index >= 15 is 0 Å². The van der Waals surface area contributed by atoms with E-state index in [2.05, 4.69) is 27.2 Å². The standard InChI is InChI=1S/C11H14N4O3/c1-4-11(2,3)12-7-5-6-8(15(16)17)10-9(7)13-18-14-10/h5-6,12H,4H2,1-3H3. The van der Waals surface area contributed by atoms with Gasteiger partial charge in [0.2, 0.25) is 5.52 Å². The molecule has 0 aliphatic rings. The molecule has 0 bridgehead atoms. The maximum atomic E-state index is 10.8. The number of benzene rings is 1. The second-order valence-electron chi connectivity index (χ2n) is 4.71. The number of nitrogens with one attached hydrogen (secondary N) is 1. The van der Waals surface area contributed by atoms with Crippen LogP contribution in [0.25, 0.3) is 11.0 Å². The van der Waals surface area contributed by atoms with E-state index in [1.807, 2.05) is 13.8 Å². The summed E-state index contributed by atoms with van der Waals surface area (Å²) in [6.07, 6.45) is 0.900. The molecule has 96 valence electrons. The Balaban J connectivity index is 2.51. The number of fused-ring (bicyclic) bond motifs is 1. The summed E-state index contributed by atoms with van der Waals surface area (Å²) in [4.78, 5) is 10.3. The molecule has 2 aromatic rings. The maximum Gasteiger partial charge on any atom is 0.300 e. The van der Waals surface area contributed by atoms with Crippen molar-refractivity contribution in [2.24, 2.45) is 0 Å². The molecule has 0 amide bonds. The Labute approximate surface area is 103 Å². The van der Waals surface area contributed by atoms with E-state index in [1.165, 1.54) is 6.07 Å². The first-order valence-corrected chi connectivity index (χ1v) is 5.62. The van der Waals surface area contributed by atoms with Crippen molar-refractivity contribution >= 4 is 22.4 Å². The highest BCUT2D eigenvalue weighted by Gasteiger charge is 2.22. The normalized spacial score (nSPS) is 11.7. The van der Waals surface area contributed by atoms with Gasteiger partial charge in [0, 0.05) is 11.6 Å². The number of hydrogen-bond donors (Lipinski definition) is 1. The van der Waals surface area contributed by atoms with Gasteiger partial charge in [-0.3, -0.25) is 10.1 Å². The van der Waals surface area contributed by atoms with Crippen LogP contribution in [-0.4, -0.2) is 20.8 Å². The average Bonchev–Trinajstić information content (AvgIpc) is 2.78. The molecule has 0 aliphatic heterocycles. The number of non-ortho nitro benzene ring substituents is 1. The van der Waals surface area contributed by atoms with Crippen molar-refractivity contribution < 1.29 is 9.55 Å². The van der Waals surface area contributed by atoms with Crippen molar-refractivity contribution in [1.82, 2.24) is 10.3 Å². The van der Waals surface area contributed by atoms with Gasteiger partial charge in [0.05, 0.1) is 10.6 Å². The summed E-state index contributed by atoms with van der Waals surface area (Å²) < 4.78 is 4.60. The van der Waals surface area contributed by atoms with Crippen LogP contribution in [0.1, 0.15) is 27.2 Å². The molecule has 18 heavy (non-hydrogen) atoms. The molecule has 1 N–H and O–H groups in total. The number of hydrogen-bond acceptors (Lipinski definition) is 6. The van der Waals surface area contributed by atoms with Gasteiger partial charge in [0.1, 0.15) is 0 Å². The van der Waals surface area contributed by atoms with Crippen molar-refractivity contribution in [2.45, 2.75) is 32.7 Å². The summed E-state index contributed by atoms with van der Waals surface area (Å²) in [5.41, 5.74) is 0.986. The smallest absolute Gasteiger partial charge is 0.300 e. The molecular weight excluding hydrogens is 236 g/mol. The lowest BCUT2D eigenvalue weighted by Crippen LogP contribution is -2.29. The maximum absolute atomic E-state index is 10.8. The zero-order valence-corrected chi connectivity index (χ0v) is 10.4. The molecule has 0 radical (unpaired) electrons. The topological polar surface area (TPSA) is 94.1 Å². The summed E-state index contributed by atoms with van der Waals surface area (Å²) in [6.45, 7) is 6.12. The number of aromatic nitrogens is 2. The third-order valence-corrected chi connectivity index (χ3v) is 2.95. The largest absolute Gasteiger partial charge is 0.378 e. The van der Waals surface area contributed by atoms with E-state index in [9.17, 15) is 10.1 Å². The lowest BCUT2D eigenvalue weighted by Gasteiger charge is -2.25. The third-order valence-electron chi connectivity index (χ3n) is 2.95. The van der Waals surface area contributed by atoms with E-state index in [4.69, 9.17) is 0 Å². The van der Waals surface area contributed by atoms with E-state index in [0.717, 1.165) is 6.42 Å². The van der Waals surface area contributed by atoms with Gasteiger partial charge >= 0.3 is 5.69 Å². The fourth-order valence-electron chi connectivity index (χ4n) is 1.55. The monoisotopic (exact) mass is 250 g/mol. The van der Waals surface area contributed by atoms with Crippen LogP contribution in [0.3, 0.4) is 0 Å². The van der Waals surface area contributed by atoms with Crippen molar-refractivity contribution in [1.29, 1.82) is 0 Å². The minimum Gasteiger partial charge on any atom is -0.378 e. The lowest BCUT2D eigenvalue weighted by atomic mass is 10.0. The molecular formula is C11H14N4O3. The molecule has 1 aromatic heterocycles. The molecule has 7 nitrogen and oxygen atoms in total. The van der Waals surface area contributed by atoms with Crippen molar-refractivity contribution in [3.63, 3.8) is 0 Å². The minimum absolute atomic E-state index is 0.105. The number of nitrogens with zero attached hydrogens (tertiary/aromatic N) is 3. The van der Waals surface area contributed by atoms with Crippen LogP contribution in [0.15, 0.2) is 16.8 Å². The van der Waals surface area contributed by atoms with Crippen LogP contribution < -0.4 is 5.32 Å². The van der Waals surface area contributed by atoms with E-state index in [0.29, 0.717) is 11.2 Å². The Hall–Kier alpha value is -2.18. The molecule has 0 saturated carbocycles. The van der Waals surface area contributed by atoms with Gasteiger partial charge in [-0.2, -0.15) is 0 Å². The SMILES string of the molecule is CCC(C)(C)Nc1ccc([N+](=O)[O-])c2nonc12. The number of nitro benzene ring substituents is 1. The molecule has 0 saturated heterocycles. The van der Waals surface area contributed by atoms with Crippen LogP contribution in [-0.2, 0) is 0 Å². The van der Waals surface area contributed by atoms with Gasteiger partial charge < -0.3 is 5.32 Å². The first kappa shape index (κ1) is 12.3. The Bertz CT molecular complexity index is 591. The lowest BCUT2D eigenvalue weighted by molar-refractivity contribution is -0.383. The summed E-state index contributed by atoms with van der Waals surface area (Å²) >= 11 is 0. The number of rotatable bonds is 4. The molecule has 0 unspecified atom stereocenters. The van der Waals surface area contributed by atoms with Crippen LogP contribution in [0.4, 0.5) is 11.4 Å². The third kappa shape index (κ3) is 2.11. The highest BCUT2D eigenvalue weighted by molar-refractivity contribution is 5.93. The van der Waals surface area contributed by atoms with Gasteiger partial charge in [-0.05, 0) is 36.6 Å². The highest BCUT2D eigenvalue weighted by atomic mass is 16.6. The molecule has 1 heterocycles. The average molecular weight is 250 g/mol. The summed E-state index contributed by atoms with van der Waals surface area (Å²) in [5.74, 6) is 0. The Morgan fingerprint density at radius 2 is 2.06 bits per heavy atom. The van der Waals surface area contributed by atoms with E-state index < -0.39 is 4.92 Å². The highest BCUT2D eigenvalue weighted by Crippen LogP contribution is 2.30. The molecule has 0 spiro atoms. The van der Waals surface area contributed by atoms with Crippen LogP contribution in [0.5, 0.6) is 0 Å². The van der Waals surface area contributed by atoms with Crippen LogP contribution in [0, 0.1) is 10.1 Å². The van der Waals surface area contributed by atoms with Crippen molar-refractivity contribution in [3.05, 3.63) is 22.2 Å². The molecule has 0 fully saturated rings. The Morgan fingerprint density at radius 1 is 1.39 bits per heavy atom. The summed E-state index contributed by atoms with van der Waals surface area (Å²) in [7, 11) is 0. The molecule has 2 rings (SSSR count). The molecule has 0 atom stereocenters. The van der Waals surface area contributed by atoms with E-state index in [1.54, 1.807) is 6.07 Å². The molecule has 1 aromatic carbocycles. The predicted molar refractivity (Wildman–Crippen MR) is 66.5 cm³/mol.